The zero-order valence-electron chi connectivity index (χ0n) is 13.6. The molecule has 0 aliphatic carbocycles. The molecule has 2 heterocycles. The molecule has 0 aliphatic heterocycles. The molecule has 0 spiro atoms. The fourth-order valence-electron chi connectivity index (χ4n) is 2.27. The SMILES string of the molecule is CCC(=O)Nc1cc(Cl)ccc1C(=O)NC(C)c1cn2ncsc2n1. The zero-order valence-corrected chi connectivity index (χ0v) is 15.2. The van der Waals surface area contributed by atoms with Crippen molar-refractivity contribution in [2.24, 2.45) is 0 Å². The molecule has 1 aromatic carbocycles. The summed E-state index contributed by atoms with van der Waals surface area (Å²) in [6.07, 6.45) is 2.08. The Hall–Kier alpha value is -2.45. The van der Waals surface area contributed by atoms with Crippen LogP contribution in [-0.2, 0) is 4.79 Å². The number of benzene rings is 1. The summed E-state index contributed by atoms with van der Waals surface area (Å²) in [7, 11) is 0. The maximum Gasteiger partial charge on any atom is 0.253 e. The first-order valence-electron chi connectivity index (χ1n) is 7.67. The van der Waals surface area contributed by atoms with Crippen molar-refractivity contribution in [2.75, 3.05) is 5.32 Å². The second-order valence-electron chi connectivity index (χ2n) is 5.42. The van der Waals surface area contributed by atoms with Gasteiger partial charge in [0.25, 0.3) is 5.91 Å². The van der Waals surface area contributed by atoms with Crippen LogP contribution in [0, 0.1) is 0 Å². The summed E-state index contributed by atoms with van der Waals surface area (Å²) in [5.74, 6) is -0.510. The molecule has 0 bridgehead atoms. The average molecular weight is 378 g/mol. The number of carbonyl (C=O) groups excluding carboxylic acids is 2. The molecule has 9 heteroatoms. The molecule has 0 radical (unpaired) electrons. The highest BCUT2D eigenvalue weighted by molar-refractivity contribution is 7.14. The first-order valence-corrected chi connectivity index (χ1v) is 8.92. The minimum atomic E-state index is -0.320. The van der Waals surface area contributed by atoms with E-state index in [4.69, 9.17) is 11.6 Å². The predicted molar refractivity (Wildman–Crippen MR) is 97.1 cm³/mol. The van der Waals surface area contributed by atoms with E-state index < -0.39 is 0 Å². The number of fused-ring (bicyclic) bond motifs is 1. The number of rotatable bonds is 5. The second kappa shape index (κ2) is 7.20. The molecule has 2 amide bonds. The van der Waals surface area contributed by atoms with E-state index in [-0.39, 0.29) is 17.9 Å². The van der Waals surface area contributed by atoms with Crippen LogP contribution in [-0.4, -0.2) is 26.4 Å². The molecule has 2 N–H and O–H groups in total. The van der Waals surface area contributed by atoms with Crippen LogP contribution in [0.1, 0.15) is 42.4 Å². The van der Waals surface area contributed by atoms with E-state index in [1.807, 2.05) is 6.92 Å². The molecule has 7 nitrogen and oxygen atoms in total. The Morgan fingerprint density at radius 3 is 2.92 bits per heavy atom. The molecule has 0 fully saturated rings. The highest BCUT2D eigenvalue weighted by Gasteiger charge is 2.18. The van der Waals surface area contributed by atoms with Crippen molar-refractivity contribution in [2.45, 2.75) is 26.3 Å². The quantitative estimate of drug-likeness (QED) is 0.714. The Morgan fingerprint density at radius 2 is 2.20 bits per heavy atom. The van der Waals surface area contributed by atoms with E-state index in [2.05, 4.69) is 20.7 Å². The Kier molecular flexibility index (Phi) is 5.00. The van der Waals surface area contributed by atoms with Gasteiger partial charge in [-0.05, 0) is 25.1 Å². The Labute approximate surface area is 153 Å². The van der Waals surface area contributed by atoms with Gasteiger partial charge in [0.05, 0.1) is 29.2 Å². The van der Waals surface area contributed by atoms with E-state index in [9.17, 15) is 9.59 Å². The van der Waals surface area contributed by atoms with Crippen LogP contribution in [0.3, 0.4) is 0 Å². The van der Waals surface area contributed by atoms with Gasteiger partial charge in [-0.2, -0.15) is 5.10 Å². The largest absolute Gasteiger partial charge is 0.344 e. The van der Waals surface area contributed by atoms with Gasteiger partial charge in [-0.3, -0.25) is 9.59 Å². The topological polar surface area (TPSA) is 88.4 Å². The molecular weight excluding hydrogens is 362 g/mol. The summed E-state index contributed by atoms with van der Waals surface area (Å²) in [6.45, 7) is 3.57. The highest BCUT2D eigenvalue weighted by atomic mass is 35.5. The van der Waals surface area contributed by atoms with Gasteiger partial charge in [0.15, 0.2) is 0 Å². The normalized spacial score (nSPS) is 12.1. The first kappa shape index (κ1) is 17.4. The maximum absolute atomic E-state index is 12.6. The number of amides is 2. The van der Waals surface area contributed by atoms with Gasteiger partial charge >= 0.3 is 0 Å². The zero-order chi connectivity index (χ0) is 18.0. The van der Waals surface area contributed by atoms with Gasteiger partial charge in [0.1, 0.15) is 5.51 Å². The monoisotopic (exact) mass is 377 g/mol. The number of halogens is 1. The van der Waals surface area contributed by atoms with Gasteiger partial charge in [-0.25, -0.2) is 9.50 Å². The van der Waals surface area contributed by atoms with Crippen molar-refractivity contribution in [3.05, 3.63) is 46.2 Å². The molecular formula is C16H16ClN5O2S. The van der Waals surface area contributed by atoms with Crippen LogP contribution < -0.4 is 10.6 Å². The number of hydrogen-bond acceptors (Lipinski definition) is 5. The highest BCUT2D eigenvalue weighted by Crippen LogP contribution is 2.23. The van der Waals surface area contributed by atoms with Crippen LogP contribution >= 0.6 is 22.9 Å². The first-order chi connectivity index (χ1) is 12.0. The average Bonchev–Trinajstić information content (AvgIpc) is 3.16. The summed E-state index contributed by atoms with van der Waals surface area (Å²) in [5.41, 5.74) is 3.14. The van der Waals surface area contributed by atoms with Crippen LogP contribution in [0.5, 0.6) is 0 Å². The third-order valence-corrected chi connectivity index (χ3v) is 4.54. The predicted octanol–water partition coefficient (Wildman–Crippen LogP) is 3.28. The summed E-state index contributed by atoms with van der Waals surface area (Å²) in [5, 5.41) is 10.1. The maximum atomic E-state index is 12.6. The fourth-order valence-corrected chi connectivity index (χ4v) is 3.05. The van der Waals surface area contributed by atoms with Crippen molar-refractivity contribution < 1.29 is 9.59 Å². The van der Waals surface area contributed by atoms with Crippen LogP contribution in [0.4, 0.5) is 5.69 Å². The van der Waals surface area contributed by atoms with Gasteiger partial charge in [0.2, 0.25) is 10.9 Å². The molecule has 3 rings (SSSR count). The number of carbonyl (C=O) groups is 2. The van der Waals surface area contributed by atoms with Gasteiger partial charge in [0, 0.05) is 11.4 Å². The minimum absolute atomic E-state index is 0.190. The molecule has 1 unspecified atom stereocenters. The van der Waals surface area contributed by atoms with Crippen LogP contribution in [0.25, 0.3) is 4.96 Å². The molecule has 130 valence electrons. The van der Waals surface area contributed by atoms with Crippen molar-refractivity contribution in [1.29, 1.82) is 0 Å². The fraction of sp³-hybridized carbons (Fsp3) is 0.250. The molecule has 2 aromatic heterocycles. The molecule has 0 aliphatic rings. The molecule has 25 heavy (non-hydrogen) atoms. The third-order valence-electron chi connectivity index (χ3n) is 3.62. The standard InChI is InChI=1S/C16H16ClN5O2S/c1-3-14(23)20-12-6-10(17)4-5-11(12)15(24)19-9(2)13-7-22-16(21-13)25-8-18-22/h4-9H,3H2,1-2H3,(H,19,24)(H,20,23). The number of hydrogen-bond donors (Lipinski definition) is 2. The summed E-state index contributed by atoms with van der Waals surface area (Å²) >= 11 is 7.40. The lowest BCUT2D eigenvalue weighted by atomic mass is 10.1. The minimum Gasteiger partial charge on any atom is -0.344 e. The Balaban J connectivity index is 1.80. The smallest absolute Gasteiger partial charge is 0.253 e. The molecule has 0 saturated heterocycles. The summed E-state index contributed by atoms with van der Waals surface area (Å²) in [6, 6.07) is 4.44. The van der Waals surface area contributed by atoms with E-state index in [0.29, 0.717) is 28.4 Å². The van der Waals surface area contributed by atoms with E-state index in [0.717, 1.165) is 4.96 Å². The molecule has 1 atom stereocenters. The van der Waals surface area contributed by atoms with E-state index >= 15 is 0 Å². The van der Waals surface area contributed by atoms with Crippen molar-refractivity contribution in [3.63, 3.8) is 0 Å². The van der Waals surface area contributed by atoms with Crippen molar-refractivity contribution in [1.82, 2.24) is 19.9 Å². The van der Waals surface area contributed by atoms with Crippen molar-refractivity contribution in [3.8, 4) is 0 Å². The third kappa shape index (κ3) is 3.80. The Bertz CT molecular complexity index is 907. The van der Waals surface area contributed by atoms with E-state index in [1.165, 1.54) is 11.3 Å². The summed E-state index contributed by atoms with van der Waals surface area (Å²) in [4.78, 5) is 29.5. The lowest BCUT2D eigenvalue weighted by molar-refractivity contribution is -0.115. The number of imidazole rings is 1. The number of aromatic nitrogens is 3. The van der Waals surface area contributed by atoms with Gasteiger partial charge in [-0.15, -0.1) is 0 Å². The Morgan fingerprint density at radius 1 is 1.40 bits per heavy atom. The van der Waals surface area contributed by atoms with Gasteiger partial charge in [-0.1, -0.05) is 29.9 Å². The summed E-state index contributed by atoms with van der Waals surface area (Å²) < 4.78 is 1.66. The second-order valence-corrected chi connectivity index (χ2v) is 6.67. The lowest BCUT2D eigenvalue weighted by Gasteiger charge is -2.15. The number of nitrogens with zero attached hydrogens (tertiary/aromatic N) is 3. The van der Waals surface area contributed by atoms with Gasteiger partial charge < -0.3 is 10.6 Å². The number of anilines is 1. The molecule has 3 aromatic rings. The van der Waals surface area contributed by atoms with Crippen molar-refractivity contribution >= 4 is 45.4 Å². The molecule has 0 saturated carbocycles. The lowest BCUT2D eigenvalue weighted by Crippen LogP contribution is -2.28. The number of nitrogens with one attached hydrogen (secondary N) is 2. The van der Waals surface area contributed by atoms with Crippen LogP contribution in [0.15, 0.2) is 29.9 Å². The van der Waals surface area contributed by atoms with Crippen LogP contribution in [0.2, 0.25) is 5.02 Å². The van der Waals surface area contributed by atoms with E-state index in [1.54, 1.807) is 41.3 Å².